The molecule has 0 radical (unpaired) electrons. The van der Waals surface area contributed by atoms with Gasteiger partial charge in [-0.1, -0.05) is 103 Å². The molecule has 0 unspecified atom stereocenters. The number of benzene rings is 6. The average molecular weight is 577 g/mol. The molecule has 9 aromatic rings. The van der Waals surface area contributed by atoms with Gasteiger partial charge in [-0.3, -0.25) is 4.98 Å². The van der Waals surface area contributed by atoms with Gasteiger partial charge in [0.1, 0.15) is 11.2 Å². The minimum atomic E-state index is 0.596. The maximum atomic E-state index is 6.37. The van der Waals surface area contributed by atoms with E-state index in [1.165, 1.54) is 11.1 Å². The Balaban J connectivity index is 1.32. The fourth-order valence-corrected chi connectivity index (χ4v) is 6.29. The molecule has 0 N–H and O–H groups in total. The van der Waals surface area contributed by atoms with Gasteiger partial charge in [-0.05, 0) is 57.6 Å². The summed E-state index contributed by atoms with van der Waals surface area (Å²) in [5.41, 5.74) is 6.70. The fraction of sp³-hybridized carbons (Fsp3) is 0. The van der Waals surface area contributed by atoms with Crippen molar-refractivity contribution in [3.05, 3.63) is 146 Å². The van der Waals surface area contributed by atoms with Crippen molar-refractivity contribution in [2.24, 2.45) is 0 Å². The van der Waals surface area contributed by atoms with Gasteiger partial charge in [0.05, 0.1) is 0 Å². The second-order valence-electron chi connectivity index (χ2n) is 11.1. The fourth-order valence-electron chi connectivity index (χ4n) is 6.29. The van der Waals surface area contributed by atoms with Crippen molar-refractivity contribution in [1.82, 2.24) is 19.9 Å². The van der Waals surface area contributed by atoms with Crippen molar-refractivity contribution in [1.29, 1.82) is 0 Å². The number of hydrogen-bond donors (Lipinski definition) is 0. The summed E-state index contributed by atoms with van der Waals surface area (Å²) in [7, 11) is 0. The van der Waals surface area contributed by atoms with Crippen LogP contribution < -0.4 is 0 Å². The van der Waals surface area contributed by atoms with Crippen LogP contribution in [0.1, 0.15) is 0 Å². The summed E-state index contributed by atoms with van der Waals surface area (Å²) in [5, 5.41) is 6.36. The van der Waals surface area contributed by atoms with Crippen molar-refractivity contribution >= 4 is 43.5 Å². The van der Waals surface area contributed by atoms with E-state index in [1.807, 2.05) is 67.0 Å². The lowest BCUT2D eigenvalue weighted by Crippen LogP contribution is -2.01. The van der Waals surface area contributed by atoms with E-state index in [0.29, 0.717) is 17.5 Å². The minimum absolute atomic E-state index is 0.596. The molecule has 0 aliphatic rings. The van der Waals surface area contributed by atoms with Gasteiger partial charge in [-0.2, -0.15) is 0 Å². The Morgan fingerprint density at radius 2 is 1.09 bits per heavy atom. The first-order valence-corrected chi connectivity index (χ1v) is 14.9. The molecule has 0 saturated heterocycles. The van der Waals surface area contributed by atoms with Crippen LogP contribution in [0.15, 0.2) is 150 Å². The molecule has 0 bridgehead atoms. The summed E-state index contributed by atoms with van der Waals surface area (Å²) in [5.74, 6) is 1.84. The van der Waals surface area contributed by atoms with E-state index in [1.54, 1.807) is 0 Å². The standard InChI is InChI=1S/C40H24N4O/c1-3-10-25(11-4-1)29-18-19-32(31-15-8-7-14-30(29)31)39-42-38(26-12-5-2-6-13-26)43-40(44-39)33-16-9-17-35-37(33)34-22-27-20-21-41-24-28(27)23-36(34)45-35/h1-24H. The third kappa shape index (κ3) is 4.25. The Labute approximate surface area is 258 Å². The van der Waals surface area contributed by atoms with Crippen LogP contribution in [-0.4, -0.2) is 19.9 Å². The van der Waals surface area contributed by atoms with Gasteiger partial charge in [0.15, 0.2) is 17.5 Å². The lowest BCUT2D eigenvalue weighted by atomic mass is 9.94. The summed E-state index contributed by atoms with van der Waals surface area (Å²) in [6.07, 6.45) is 3.68. The average Bonchev–Trinajstić information content (AvgIpc) is 3.48. The van der Waals surface area contributed by atoms with Crippen LogP contribution in [0.5, 0.6) is 0 Å². The van der Waals surface area contributed by atoms with Crippen molar-refractivity contribution in [2.45, 2.75) is 0 Å². The van der Waals surface area contributed by atoms with Crippen LogP contribution in [-0.2, 0) is 0 Å². The lowest BCUT2D eigenvalue weighted by Gasteiger charge is -2.13. The maximum absolute atomic E-state index is 6.37. The third-order valence-electron chi connectivity index (χ3n) is 8.41. The van der Waals surface area contributed by atoms with Crippen LogP contribution in [0.4, 0.5) is 0 Å². The molecule has 0 atom stereocenters. The van der Waals surface area contributed by atoms with E-state index in [4.69, 9.17) is 19.4 Å². The van der Waals surface area contributed by atoms with Gasteiger partial charge in [-0.25, -0.2) is 15.0 Å². The van der Waals surface area contributed by atoms with Gasteiger partial charge in [0.2, 0.25) is 0 Å². The van der Waals surface area contributed by atoms with Crippen molar-refractivity contribution in [3.63, 3.8) is 0 Å². The Kier molecular flexibility index (Phi) is 5.74. The Morgan fingerprint density at radius 1 is 0.422 bits per heavy atom. The number of furan rings is 1. The second kappa shape index (κ2) is 10.2. The van der Waals surface area contributed by atoms with Crippen LogP contribution in [0.3, 0.4) is 0 Å². The highest BCUT2D eigenvalue weighted by Gasteiger charge is 2.19. The molecular formula is C40H24N4O. The topological polar surface area (TPSA) is 64.7 Å². The quantitative estimate of drug-likeness (QED) is 0.209. The van der Waals surface area contributed by atoms with Crippen LogP contribution in [0.2, 0.25) is 0 Å². The molecule has 5 heteroatoms. The van der Waals surface area contributed by atoms with E-state index < -0.39 is 0 Å². The summed E-state index contributed by atoms with van der Waals surface area (Å²) >= 11 is 0. The van der Waals surface area contributed by atoms with E-state index in [2.05, 4.69) is 83.8 Å². The number of pyridine rings is 1. The number of hydrogen-bond acceptors (Lipinski definition) is 5. The molecule has 0 fully saturated rings. The number of aromatic nitrogens is 4. The smallest absolute Gasteiger partial charge is 0.164 e. The molecule has 0 amide bonds. The van der Waals surface area contributed by atoms with E-state index in [-0.39, 0.29) is 0 Å². The maximum Gasteiger partial charge on any atom is 0.164 e. The van der Waals surface area contributed by atoms with Gasteiger partial charge in [0, 0.05) is 45.2 Å². The van der Waals surface area contributed by atoms with Crippen LogP contribution in [0, 0.1) is 0 Å². The van der Waals surface area contributed by atoms with Crippen molar-refractivity contribution in [2.75, 3.05) is 0 Å². The summed E-state index contributed by atoms with van der Waals surface area (Å²) in [6, 6.07) is 45.6. The summed E-state index contributed by atoms with van der Waals surface area (Å²) < 4.78 is 6.37. The van der Waals surface area contributed by atoms with Crippen LogP contribution in [0.25, 0.3) is 88.8 Å². The molecule has 0 saturated carbocycles. The Bertz CT molecular complexity index is 2540. The second-order valence-corrected chi connectivity index (χ2v) is 11.1. The normalized spacial score (nSPS) is 11.6. The number of rotatable bonds is 4. The first-order valence-electron chi connectivity index (χ1n) is 14.9. The highest BCUT2D eigenvalue weighted by molar-refractivity contribution is 6.15. The van der Waals surface area contributed by atoms with Gasteiger partial charge in [-0.15, -0.1) is 0 Å². The number of nitrogens with zero attached hydrogens (tertiary/aromatic N) is 4. The van der Waals surface area contributed by atoms with Crippen LogP contribution >= 0.6 is 0 Å². The first-order chi connectivity index (χ1) is 22.3. The first kappa shape index (κ1) is 25.3. The SMILES string of the molecule is c1ccc(-c2nc(-c3ccc(-c4ccccc4)c4ccccc34)nc(-c3cccc4oc5cc6cnccc6cc5c34)n2)cc1. The predicted molar refractivity (Wildman–Crippen MR) is 182 cm³/mol. The number of fused-ring (bicyclic) bond motifs is 5. The summed E-state index contributed by atoms with van der Waals surface area (Å²) in [4.78, 5) is 19.6. The monoisotopic (exact) mass is 576 g/mol. The van der Waals surface area contributed by atoms with Gasteiger partial charge in [0.25, 0.3) is 0 Å². The molecule has 45 heavy (non-hydrogen) atoms. The molecule has 3 heterocycles. The molecule has 6 aromatic carbocycles. The molecule has 9 rings (SSSR count). The lowest BCUT2D eigenvalue weighted by molar-refractivity contribution is 0.669. The highest BCUT2D eigenvalue weighted by atomic mass is 16.3. The zero-order chi connectivity index (χ0) is 29.7. The van der Waals surface area contributed by atoms with Crippen molar-refractivity contribution in [3.8, 4) is 45.3 Å². The molecule has 5 nitrogen and oxygen atoms in total. The van der Waals surface area contributed by atoms with Gasteiger partial charge >= 0.3 is 0 Å². The van der Waals surface area contributed by atoms with Crippen molar-refractivity contribution < 1.29 is 4.42 Å². The van der Waals surface area contributed by atoms with E-state index in [0.717, 1.165) is 60.2 Å². The molecule has 0 aliphatic carbocycles. The summed E-state index contributed by atoms with van der Waals surface area (Å²) in [6.45, 7) is 0. The highest BCUT2D eigenvalue weighted by Crippen LogP contribution is 2.39. The molecule has 210 valence electrons. The molecular weight excluding hydrogens is 552 g/mol. The Hall–Kier alpha value is -6.20. The Morgan fingerprint density at radius 3 is 1.89 bits per heavy atom. The van der Waals surface area contributed by atoms with Gasteiger partial charge < -0.3 is 4.42 Å². The molecule has 0 spiro atoms. The third-order valence-corrected chi connectivity index (χ3v) is 8.41. The largest absolute Gasteiger partial charge is 0.456 e. The molecule has 3 aromatic heterocycles. The van der Waals surface area contributed by atoms with E-state index >= 15 is 0 Å². The zero-order valence-corrected chi connectivity index (χ0v) is 24.1. The predicted octanol–water partition coefficient (Wildman–Crippen LogP) is 10.1. The van der Waals surface area contributed by atoms with E-state index in [9.17, 15) is 0 Å². The molecule has 0 aliphatic heterocycles. The minimum Gasteiger partial charge on any atom is -0.456 e. The zero-order valence-electron chi connectivity index (χ0n) is 24.1.